The molecule has 1 atom stereocenters. The standard InChI is InChI=1S/C15H22N4O2/c1-5-16-13(9-19-15(20)18(3)10-17-19)12-8-11(2)6-7-14(12)21-4/h6-8,10,13,16H,5,9H2,1-4H3. The van der Waals surface area contributed by atoms with Gasteiger partial charge in [-0.15, -0.1) is 0 Å². The molecule has 21 heavy (non-hydrogen) atoms. The molecule has 6 nitrogen and oxygen atoms in total. The topological polar surface area (TPSA) is 61.1 Å². The third kappa shape index (κ3) is 3.33. The van der Waals surface area contributed by atoms with Gasteiger partial charge in [0.1, 0.15) is 12.1 Å². The van der Waals surface area contributed by atoms with Gasteiger partial charge < -0.3 is 10.1 Å². The summed E-state index contributed by atoms with van der Waals surface area (Å²) < 4.78 is 8.38. The maximum absolute atomic E-state index is 12.0. The molecule has 1 aromatic carbocycles. The summed E-state index contributed by atoms with van der Waals surface area (Å²) in [6.07, 6.45) is 1.53. The molecule has 1 N–H and O–H groups in total. The molecule has 1 aromatic heterocycles. The third-order valence-corrected chi connectivity index (χ3v) is 3.45. The Hall–Kier alpha value is -2.08. The van der Waals surface area contributed by atoms with Crippen LogP contribution in [0.2, 0.25) is 0 Å². The summed E-state index contributed by atoms with van der Waals surface area (Å²) in [7, 11) is 3.35. The highest BCUT2D eigenvalue weighted by Crippen LogP contribution is 2.27. The second-order valence-corrected chi connectivity index (χ2v) is 5.06. The first kappa shape index (κ1) is 15.3. The molecule has 0 radical (unpaired) electrons. The summed E-state index contributed by atoms with van der Waals surface area (Å²) in [6.45, 7) is 5.34. The Balaban J connectivity index is 2.37. The van der Waals surface area contributed by atoms with Gasteiger partial charge in [-0.3, -0.25) is 4.57 Å². The van der Waals surface area contributed by atoms with Crippen molar-refractivity contribution in [2.75, 3.05) is 13.7 Å². The van der Waals surface area contributed by atoms with Crippen molar-refractivity contribution in [2.45, 2.75) is 26.4 Å². The van der Waals surface area contributed by atoms with E-state index in [0.29, 0.717) is 6.54 Å². The fourth-order valence-electron chi connectivity index (χ4n) is 2.36. The fraction of sp³-hybridized carbons (Fsp3) is 0.467. The minimum Gasteiger partial charge on any atom is -0.496 e. The van der Waals surface area contributed by atoms with Gasteiger partial charge in [0.2, 0.25) is 0 Å². The first-order valence-corrected chi connectivity index (χ1v) is 7.03. The van der Waals surface area contributed by atoms with Gasteiger partial charge >= 0.3 is 5.69 Å². The maximum atomic E-state index is 12.0. The van der Waals surface area contributed by atoms with Gasteiger partial charge in [0, 0.05) is 12.6 Å². The van der Waals surface area contributed by atoms with Gasteiger partial charge in [-0.25, -0.2) is 9.48 Å². The summed E-state index contributed by atoms with van der Waals surface area (Å²) in [6, 6.07) is 6.02. The predicted octanol–water partition coefficient (Wildman–Crippen LogP) is 1.25. The number of aromatic nitrogens is 3. The predicted molar refractivity (Wildman–Crippen MR) is 81.6 cm³/mol. The van der Waals surface area contributed by atoms with Crippen LogP contribution in [0.25, 0.3) is 0 Å². The Morgan fingerprint density at radius 1 is 1.43 bits per heavy atom. The molecule has 0 aliphatic heterocycles. The van der Waals surface area contributed by atoms with Crippen LogP contribution in [0.15, 0.2) is 29.3 Å². The number of ether oxygens (including phenoxy) is 1. The molecule has 1 heterocycles. The second-order valence-electron chi connectivity index (χ2n) is 5.06. The maximum Gasteiger partial charge on any atom is 0.345 e. The Labute approximate surface area is 124 Å². The molecule has 0 aliphatic rings. The molecule has 0 fully saturated rings. The fourth-order valence-corrected chi connectivity index (χ4v) is 2.36. The van der Waals surface area contributed by atoms with Gasteiger partial charge in [0.25, 0.3) is 0 Å². The summed E-state index contributed by atoms with van der Waals surface area (Å²) >= 11 is 0. The zero-order valence-electron chi connectivity index (χ0n) is 13.0. The van der Waals surface area contributed by atoms with Gasteiger partial charge in [-0.05, 0) is 19.5 Å². The van der Waals surface area contributed by atoms with Crippen LogP contribution in [-0.4, -0.2) is 28.0 Å². The van der Waals surface area contributed by atoms with Gasteiger partial charge in [0.15, 0.2) is 0 Å². The molecule has 6 heteroatoms. The van der Waals surface area contributed by atoms with Gasteiger partial charge in [-0.2, -0.15) is 5.10 Å². The van der Waals surface area contributed by atoms with Crippen LogP contribution in [-0.2, 0) is 13.6 Å². The van der Waals surface area contributed by atoms with E-state index in [-0.39, 0.29) is 11.7 Å². The Kier molecular flexibility index (Phi) is 4.80. The highest BCUT2D eigenvalue weighted by atomic mass is 16.5. The number of methoxy groups -OCH3 is 1. The molecule has 0 bridgehead atoms. The third-order valence-electron chi connectivity index (χ3n) is 3.45. The molecule has 1 unspecified atom stereocenters. The first-order chi connectivity index (χ1) is 10.1. The minimum absolute atomic E-state index is 0.0301. The minimum atomic E-state index is -0.121. The van der Waals surface area contributed by atoms with E-state index in [1.807, 2.05) is 26.0 Å². The number of rotatable bonds is 6. The monoisotopic (exact) mass is 290 g/mol. The average Bonchev–Trinajstić information content (AvgIpc) is 2.78. The molecule has 2 rings (SSSR count). The van der Waals surface area contributed by atoms with E-state index in [2.05, 4.69) is 16.5 Å². The smallest absolute Gasteiger partial charge is 0.345 e. The quantitative estimate of drug-likeness (QED) is 0.870. The molecule has 114 valence electrons. The van der Waals surface area contributed by atoms with Crippen molar-refractivity contribution in [3.8, 4) is 5.75 Å². The van der Waals surface area contributed by atoms with Crippen LogP contribution in [0.5, 0.6) is 5.75 Å². The van der Waals surface area contributed by atoms with Crippen molar-refractivity contribution in [3.63, 3.8) is 0 Å². The molecule has 0 amide bonds. The molecule has 0 spiro atoms. The van der Waals surface area contributed by atoms with E-state index < -0.39 is 0 Å². The van der Waals surface area contributed by atoms with Crippen LogP contribution in [0.3, 0.4) is 0 Å². The zero-order valence-corrected chi connectivity index (χ0v) is 13.0. The number of benzene rings is 1. The van der Waals surface area contributed by atoms with Crippen molar-refractivity contribution < 1.29 is 4.74 Å². The Morgan fingerprint density at radius 2 is 2.19 bits per heavy atom. The number of likely N-dealkylation sites (N-methyl/N-ethyl adjacent to an activating group) is 1. The number of aryl methyl sites for hydroxylation is 2. The van der Waals surface area contributed by atoms with Crippen molar-refractivity contribution in [1.82, 2.24) is 19.7 Å². The number of hydrogen-bond acceptors (Lipinski definition) is 4. The van der Waals surface area contributed by atoms with Crippen LogP contribution in [0, 0.1) is 6.92 Å². The van der Waals surface area contributed by atoms with Crippen LogP contribution >= 0.6 is 0 Å². The van der Waals surface area contributed by atoms with Gasteiger partial charge in [0.05, 0.1) is 19.7 Å². The largest absolute Gasteiger partial charge is 0.496 e. The van der Waals surface area contributed by atoms with E-state index in [0.717, 1.165) is 23.4 Å². The van der Waals surface area contributed by atoms with Crippen molar-refractivity contribution >= 4 is 0 Å². The van der Waals surface area contributed by atoms with E-state index in [1.165, 1.54) is 15.6 Å². The molecule has 2 aromatic rings. The van der Waals surface area contributed by atoms with Crippen LogP contribution in [0.1, 0.15) is 24.1 Å². The number of hydrogen-bond donors (Lipinski definition) is 1. The highest BCUT2D eigenvalue weighted by molar-refractivity contribution is 5.39. The summed E-state index contributed by atoms with van der Waals surface area (Å²) in [4.78, 5) is 12.0. The van der Waals surface area contributed by atoms with E-state index >= 15 is 0 Å². The van der Waals surface area contributed by atoms with E-state index in [1.54, 1.807) is 14.2 Å². The van der Waals surface area contributed by atoms with E-state index in [9.17, 15) is 4.79 Å². The lowest BCUT2D eigenvalue weighted by Gasteiger charge is -2.21. The molecular formula is C15H22N4O2. The summed E-state index contributed by atoms with van der Waals surface area (Å²) in [5.74, 6) is 0.815. The molecule has 0 aliphatic carbocycles. The molecule has 0 saturated heterocycles. The van der Waals surface area contributed by atoms with Crippen LogP contribution in [0.4, 0.5) is 0 Å². The highest BCUT2D eigenvalue weighted by Gasteiger charge is 2.18. The van der Waals surface area contributed by atoms with E-state index in [4.69, 9.17) is 4.74 Å². The lowest BCUT2D eigenvalue weighted by molar-refractivity contribution is 0.383. The lowest BCUT2D eigenvalue weighted by atomic mass is 10.0. The average molecular weight is 290 g/mol. The van der Waals surface area contributed by atoms with Crippen LogP contribution < -0.4 is 15.7 Å². The SMILES string of the molecule is CCNC(Cn1ncn(C)c1=O)c1cc(C)ccc1OC. The summed E-state index contributed by atoms with van der Waals surface area (Å²) in [5.41, 5.74) is 2.07. The van der Waals surface area contributed by atoms with Gasteiger partial charge in [-0.1, -0.05) is 24.6 Å². The summed E-state index contributed by atoms with van der Waals surface area (Å²) in [5, 5.41) is 7.52. The van der Waals surface area contributed by atoms with Crippen molar-refractivity contribution in [1.29, 1.82) is 0 Å². The number of nitrogens with one attached hydrogen (secondary N) is 1. The van der Waals surface area contributed by atoms with Crippen molar-refractivity contribution in [2.24, 2.45) is 7.05 Å². The first-order valence-electron chi connectivity index (χ1n) is 7.03. The Bertz CT molecular complexity index is 660. The number of nitrogens with zero attached hydrogens (tertiary/aromatic N) is 3. The molecular weight excluding hydrogens is 268 g/mol. The zero-order chi connectivity index (χ0) is 15.4. The molecule has 0 saturated carbocycles. The second kappa shape index (κ2) is 6.58. The Morgan fingerprint density at radius 3 is 2.76 bits per heavy atom. The normalized spacial score (nSPS) is 12.4. The van der Waals surface area contributed by atoms with Crippen molar-refractivity contribution in [3.05, 3.63) is 46.1 Å². The lowest BCUT2D eigenvalue weighted by Crippen LogP contribution is -2.31.